The molecule has 0 spiro atoms. The molecule has 5 nitrogen and oxygen atoms in total. The first-order valence-corrected chi connectivity index (χ1v) is 8.17. The summed E-state index contributed by atoms with van der Waals surface area (Å²) in [6.07, 6.45) is 3.70. The number of nitrogen functional groups attached to an aromatic ring is 1. The molecule has 1 fully saturated rings. The Morgan fingerprint density at radius 1 is 1.48 bits per heavy atom. The molecular formula is C18H23N3O2. The smallest absolute Gasteiger partial charge is 0.310 e. The summed E-state index contributed by atoms with van der Waals surface area (Å²) >= 11 is 0. The topological polar surface area (TPSA) is 68.5 Å². The third kappa shape index (κ3) is 2.96. The van der Waals surface area contributed by atoms with E-state index in [1.54, 1.807) is 0 Å². The van der Waals surface area contributed by atoms with E-state index in [4.69, 9.17) is 10.5 Å². The van der Waals surface area contributed by atoms with Gasteiger partial charge in [0.25, 0.3) is 0 Å². The van der Waals surface area contributed by atoms with Gasteiger partial charge >= 0.3 is 5.97 Å². The molecule has 1 unspecified atom stereocenters. The quantitative estimate of drug-likeness (QED) is 0.697. The lowest BCUT2D eigenvalue weighted by Crippen LogP contribution is -2.40. The first-order valence-electron chi connectivity index (χ1n) is 8.17. The van der Waals surface area contributed by atoms with Gasteiger partial charge in [0.1, 0.15) is 5.82 Å². The molecule has 1 aromatic carbocycles. The maximum Gasteiger partial charge on any atom is 0.310 e. The zero-order valence-corrected chi connectivity index (χ0v) is 13.7. The number of carbonyl (C=O) groups excluding carboxylic acids is 1. The normalized spacial score (nSPS) is 18.2. The van der Waals surface area contributed by atoms with E-state index in [9.17, 15) is 4.79 Å². The SMILES string of the molecule is CCOC(=O)C1CCCN(c2ncc(C)c3c(N)cccc23)C1. The van der Waals surface area contributed by atoms with Crippen LogP contribution in [0.15, 0.2) is 24.4 Å². The molecule has 0 radical (unpaired) electrons. The van der Waals surface area contributed by atoms with Gasteiger partial charge in [0, 0.05) is 35.7 Å². The van der Waals surface area contributed by atoms with Crippen molar-refractivity contribution >= 4 is 28.2 Å². The van der Waals surface area contributed by atoms with Gasteiger partial charge in [-0.15, -0.1) is 0 Å². The monoisotopic (exact) mass is 313 g/mol. The lowest BCUT2D eigenvalue weighted by molar-refractivity contribution is -0.148. The predicted octanol–water partition coefficient (Wildman–Crippen LogP) is 2.90. The van der Waals surface area contributed by atoms with Crippen molar-refractivity contribution in [1.82, 2.24) is 4.98 Å². The molecule has 2 aromatic rings. The molecule has 23 heavy (non-hydrogen) atoms. The van der Waals surface area contributed by atoms with Crippen molar-refractivity contribution in [3.05, 3.63) is 30.0 Å². The molecule has 1 aromatic heterocycles. The molecular weight excluding hydrogens is 290 g/mol. The van der Waals surface area contributed by atoms with E-state index in [1.807, 2.05) is 32.2 Å². The van der Waals surface area contributed by atoms with Crippen molar-refractivity contribution in [1.29, 1.82) is 0 Å². The number of fused-ring (bicyclic) bond motifs is 1. The molecule has 122 valence electrons. The fourth-order valence-corrected chi connectivity index (χ4v) is 3.36. The van der Waals surface area contributed by atoms with Crippen LogP contribution in [0.3, 0.4) is 0 Å². The second kappa shape index (κ2) is 6.44. The van der Waals surface area contributed by atoms with Gasteiger partial charge < -0.3 is 15.4 Å². The van der Waals surface area contributed by atoms with Crippen LogP contribution in [-0.4, -0.2) is 30.6 Å². The predicted molar refractivity (Wildman–Crippen MR) is 92.5 cm³/mol. The minimum absolute atomic E-state index is 0.0806. The summed E-state index contributed by atoms with van der Waals surface area (Å²) in [6.45, 7) is 5.84. The van der Waals surface area contributed by atoms with Gasteiger partial charge in [0.05, 0.1) is 12.5 Å². The van der Waals surface area contributed by atoms with Crippen LogP contribution in [-0.2, 0) is 9.53 Å². The molecule has 0 amide bonds. The zero-order valence-electron chi connectivity index (χ0n) is 13.7. The third-order valence-electron chi connectivity index (χ3n) is 4.45. The number of nitrogens with two attached hydrogens (primary N) is 1. The van der Waals surface area contributed by atoms with Gasteiger partial charge in [0.2, 0.25) is 0 Å². The summed E-state index contributed by atoms with van der Waals surface area (Å²) in [5.41, 5.74) is 7.99. The van der Waals surface area contributed by atoms with Crippen LogP contribution in [0.25, 0.3) is 10.8 Å². The number of carbonyl (C=O) groups is 1. The number of nitrogens with zero attached hydrogens (tertiary/aromatic N) is 2. The Morgan fingerprint density at radius 2 is 2.30 bits per heavy atom. The fraction of sp³-hybridized carbons (Fsp3) is 0.444. The summed E-state index contributed by atoms with van der Waals surface area (Å²) in [6, 6.07) is 5.92. The number of hydrogen-bond donors (Lipinski definition) is 1. The van der Waals surface area contributed by atoms with Crippen LogP contribution in [0.2, 0.25) is 0 Å². The molecule has 0 bridgehead atoms. The molecule has 0 aliphatic carbocycles. The number of hydrogen-bond acceptors (Lipinski definition) is 5. The number of ether oxygens (including phenoxy) is 1. The van der Waals surface area contributed by atoms with Crippen LogP contribution >= 0.6 is 0 Å². The Balaban J connectivity index is 1.95. The first-order chi connectivity index (χ1) is 11.1. The number of benzene rings is 1. The molecule has 2 heterocycles. The molecule has 3 rings (SSSR count). The summed E-state index contributed by atoms with van der Waals surface area (Å²) in [4.78, 5) is 18.9. The fourth-order valence-electron chi connectivity index (χ4n) is 3.36. The van der Waals surface area contributed by atoms with E-state index in [-0.39, 0.29) is 11.9 Å². The van der Waals surface area contributed by atoms with Gasteiger partial charge in [-0.1, -0.05) is 12.1 Å². The Kier molecular flexibility index (Phi) is 4.37. The lowest BCUT2D eigenvalue weighted by Gasteiger charge is -2.33. The summed E-state index contributed by atoms with van der Waals surface area (Å²) in [7, 11) is 0. The minimum atomic E-state index is -0.104. The van der Waals surface area contributed by atoms with E-state index < -0.39 is 0 Å². The molecule has 1 atom stereocenters. The molecule has 1 aliphatic heterocycles. The van der Waals surface area contributed by atoms with E-state index in [1.165, 1.54) is 0 Å². The van der Waals surface area contributed by atoms with E-state index in [0.29, 0.717) is 13.2 Å². The largest absolute Gasteiger partial charge is 0.466 e. The number of aromatic nitrogens is 1. The number of pyridine rings is 1. The lowest BCUT2D eigenvalue weighted by atomic mass is 9.97. The van der Waals surface area contributed by atoms with E-state index in [0.717, 1.165) is 47.2 Å². The van der Waals surface area contributed by atoms with Crippen LogP contribution in [0.1, 0.15) is 25.3 Å². The Labute approximate surface area is 136 Å². The second-order valence-corrected chi connectivity index (χ2v) is 6.07. The van der Waals surface area contributed by atoms with E-state index >= 15 is 0 Å². The highest BCUT2D eigenvalue weighted by molar-refractivity contribution is 6.01. The highest BCUT2D eigenvalue weighted by Crippen LogP contribution is 2.33. The first kappa shape index (κ1) is 15.6. The second-order valence-electron chi connectivity index (χ2n) is 6.07. The molecule has 5 heteroatoms. The third-order valence-corrected chi connectivity index (χ3v) is 4.45. The highest BCUT2D eigenvalue weighted by atomic mass is 16.5. The van der Waals surface area contributed by atoms with Gasteiger partial charge in [0.15, 0.2) is 0 Å². The van der Waals surface area contributed by atoms with Crippen molar-refractivity contribution in [2.45, 2.75) is 26.7 Å². The van der Waals surface area contributed by atoms with Crippen LogP contribution in [0, 0.1) is 12.8 Å². The van der Waals surface area contributed by atoms with Crippen molar-refractivity contribution < 1.29 is 9.53 Å². The number of rotatable bonds is 3. The maximum atomic E-state index is 12.1. The van der Waals surface area contributed by atoms with Crippen LogP contribution in [0.4, 0.5) is 11.5 Å². The van der Waals surface area contributed by atoms with Gasteiger partial charge in [-0.25, -0.2) is 4.98 Å². The van der Waals surface area contributed by atoms with E-state index in [2.05, 4.69) is 16.0 Å². The van der Waals surface area contributed by atoms with Crippen molar-refractivity contribution in [3.8, 4) is 0 Å². The maximum absolute atomic E-state index is 12.1. The van der Waals surface area contributed by atoms with Crippen molar-refractivity contribution in [3.63, 3.8) is 0 Å². The number of aryl methyl sites for hydroxylation is 1. The van der Waals surface area contributed by atoms with Crippen molar-refractivity contribution in [2.24, 2.45) is 5.92 Å². The number of anilines is 2. The molecule has 0 saturated carbocycles. The van der Waals surface area contributed by atoms with Gasteiger partial charge in [-0.2, -0.15) is 0 Å². The molecule has 1 saturated heterocycles. The van der Waals surface area contributed by atoms with Crippen LogP contribution in [0.5, 0.6) is 0 Å². The molecule has 1 aliphatic rings. The summed E-state index contributed by atoms with van der Waals surface area (Å²) in [5, 5.41) is 2.10. The standard InChI is InChI=1S/C18H23N3O2/c1-3-23-18(22)13-6-5-9-21(11-13)17-14-7-4-8-15(19)16(14)12(2)10-20-17/h4,7-8,10,13H,3,5-6,9,11,19H2,1-2H3. The Hall–Kier alpha value is -2.30. The average molecular weight is 313 g/mol. The summed E-state index contributed by atoms with van der Waals surface area (Å²) in [5.74, 6) is 0.725. The Morgan fingerprint density at radius 3 is 3.09 bits per heavy atom. The number of piperidine rings is 1. The number of esters is 1. The van der Waals surface area contributed by atoms with Crippen molar-refractivity contribution in [2.75, 3.05) is 30.3 Å². The minimum Gasteiger partial charge on any atom is -0.466 e. The molecule has 2 N–H and O–H groups in total. The van der Waals surface area contributed by atoms with Gasteiger partial charge in [-0.3, -0.25) is 4.79 Å². The average Bonchev–Trinajstić information content (AvgIpc) is 2.55. The highest BCUT2D eigenvalue weighted by Gasteiger charge is 2.28. The zero-order chi connectivity index (χ0) is 16.4. The Bertz CT molecular complexity index is 721. The van der Waals surface area contributed by atoms with Crippen LogP contribution < -0.4 is 10.6 Å². The van der Waals surface area contributed by atoms with Gasteiger partial charge in [-0.05, 0) is 38.3 Å². The summed E-state index contributed by atoms with van der Waals surface area (Å²) < 4.78 is 5.19.